The number of ketones is 1. The van der Waals surface area contributed by atoms with Crippen LogP contribution in [0, 0.1) is 11.3 Å². The number of hydrogen-bond donors (Lipinski definition) is 0. The highest BCUT2D eigenvalue weighted by Crippen LogP contribution is 2.44. The average molecular weight is 220 g/mol. The van der Waals surface area contributed by atoms with Gasteiger partial charge in [0.1, 0.15) is 0 Å². The molecule has 3 atom stereocenters. The van der Waals surface area contributed by atoms with Crippen molar-refractivity contribution in [2.24, 2.45) is 11.3 Å². The highest BCUT2D eigenvalue weighted by molar-refractivity contribution is 5.96. The molecule has 0 aromatic rings. The summed E-state index contributed by atoms with van der Waals surface area (Å²) in [5, 5.41) is 0. The minimum atomic E-state index is -0.600. The Hall–Kier alpha value is -1.38. The van der Waals surface area contributed by atoms with Crippen LogP contribution in [0.25, 0.3) is 0 Å². The van der Waals surface area contributed by atoms with Gasteiger partial charge in [-0.25, -0.2) is 0 Å². The van der Waals surface area contributed by atoms with Crippen molar-refractivity contribution < 1.29 is 14.3 Å². The van der Waals surface area contributed by atoms with Gasteiger partial charge in [0.2, 0.25) is 0 Å². The fraction of sp³-hybridized carbons (Fsp3) is 0.538. The molecule has 0 radical (unpaired) electrons. The molecule has 0 aliphatic heterocycles. The Bertz CT molecular complexity index is 381. The van der Waals surface area contributed by atoms with Crippen LogP contribution in [0.3, 0.4) is 0 Å². The number of esters is 1. The number of rotatable bonds is 1. The van der Waals surface area contributed by atoms with Gasteiger partial charge < -0.3 is 4.74 Å². The molecular weight excluding hydrogens is 204 g/mol. The second-order valence-electron chi connectivity index (χ2n) is 4.79. The first-order chi connectivity index (χ1) is 7.53. The molecule has 0 unspecified atom stereocenters. The van der Waals surface area contributed by atoms with Gasteiger partial charge >= 0.3 is 5.97 Å². The van der Waals surface area contributed by atoms with Gasteiger partial charge in [0, 0.05) is 12.8 Å². The van der Waals surface area contributed by atoms with E-state index in [9.17, 15) is 9.59 Å². The lowest BCUT2D eigenvalue weighted by Crippen LogP contribution is -2.45. The predicted molar refractivity (Wildman–Crippen MR) is 59.7 cm³/mol. The minimum absolute atomic E-state index is 0.0528. The maximum absolute atomic E-state index is 11.7. The molecule has 3 heteroatoms. The Kier molecular flexibility index (Phi) is 2.70. The molecule has 0 aromatic heterocycles. The van der Waals surface area contributed by atoms with E-state index >= 15 is 0 Å². The fourth-order valence-electron chi connectivity index (χ4n) is 2.55. The molecule has 2 rings (SSSR count). The lowest BCUT2D eigenvalue weighted by Gasteiger charge is -2.42. The molecule has 0 fully saturated rings. The van der Waals surface area contributed by atoms with Gasteiger partial charge in [-0.1, -0.05) is 25.2 Å². The van der Waals surface area contributed by atoms with Crippen LogP contribution in [0.15, 0.2) is 24.3 Å². The average Bonchev–Trinajstić information content (AvgIpc) is 2.22. The third-order valence-electron chi connectivity index (χ3n) is 3.53. The summed E-state index contributed by atoms with van der Waals surface area (Å²) >= 11 is 0. The first-order valence-corrected chi connectivity index (χ1v) is 5.58. The minimum Gasteiger partial charge on any atom is -0.454 e. The Morgan fingerprint density at radius 3 is 2.94 bits per heavy atom. The van der Waals surface area contributed by atoms with Gasteiger partial charge in [0.15, 0.2) is 11.9 Å². The van der Waals surface area contributed by atoms with Crippen LogP contribution in [0.4, 0.5) is 0 Å². The van der Waals surface area contributed by atoms with Crippen molar-refractivity contribution in [1.82, 2.24) is 0 Å². The highest BCUT2D eigenvalue weighted by atomic mass is 16.5. The van der Waals surface area contributed by atoms with Crippen LogP contribution in [0.2, 0.25) is 0 Å². The van der Waals surface area contributed by atoms with E-state index in [1.54, 1.807) is 6.08 Å². The molecule has 86 valence electrons. The summed E-state index contributed by atoms with van der Waals surface area (Å²) in [7, 11) is 0. The molecular formula is C13H16O3. The zero-order valence-corrected chi connectivity index (χ0v) is 9.60. The number of ether oxygens (including phenoxy) is 1. The first-order valence-electron chi connectivity index (χ1n) is 5.58. The Balaban J connectivity index is 2.30. The highest BCUT2D eigenvalue weighted by Gasteiger charge is 2.44. The van der Waals surface area contributed by atoms with E-state index in [1.807, 2.05) is 6.08 Å². The summed E-state index contributed by atoms with van der Waals surface area (Å²) in [6, 6.07) is 0. The molecule has 2 aliphatic rings. The van der Waals surface area contributed by atoms with E-state index in [-0.39, 0.29) is 23.1 Å². The Morgan fingerprint density at radius 1 is 1.50 bits per heavy atom. The van der Waals surface area contributed by atoms with Gasteiger partial charge in [-0.3, -0.25) is 9.59 Å². The number of allylic oxidation sites excluding steroid dienone is 3. The van der Waals surface area contributed by atoms with E-state index in [0.717, 1.165) is 12.8 Å². The van der Waals surface area contributed by atoms with Crippen molar-refractivity contribution in [3.63, 3.8) is 0 Å². The number of carbonyl (C=O) groups is 2. The third kappa shape index (κ3) is 1.82. The van der Waals surface area contributed by atoms with Gasteiger partial charge in [0.05, 0.1) is 0 Å². The van der Waals surface area contributed by atoms with Crippen molar-refractivity contribution in [2.75, 3.05) is 0 Å². The molecule has 0 bridgehead atoms. The Labute approximate surface area is 95.2 Å². The van der Waals surface area contributed by atoms with Gasteiger partial charge in [-0.2, -0.15) is 0 Å². The predicted octanol–water partition coefficient (Wildman–Crippen LogP) is 2.03. The molecule has 16 heavy (non-hydrogen) atoms. The molecule has 0 saturated carbocycles. The molecule has 2 aliphatic carbocycles. The summed E-state index contributed by atoms with van der Waals surface area (Å²) in [4.78, 5) is 22.8. The lowest BCUT2D eigenvalue weighted by molar-refractivity contribution is -0.158. The summed E-state index contributed by atoms with van der Waals surface area (Å²) in [6.07, 6.45) is 8.81. The van der Waals surface area contributed by atoms with Crippen molar-refractivity contribution in [2.45, 2.75) is 32.8 Å². The van der Waals surface area contributed by atoms with Crippen molar-refractivity contribution in [3.8, 4) is 0 Å². The number of hydrogen-bond acceptors (Lipinski definition) is 3. The zero-order chi connectivity index (χ0) is 11.8. The van der Waals surface area contributed by atoms with Crippen LogP contribution < -0.4 is 0 Å². The topological polar surface area (TPSA) is 43.4 Å². The van der Waals surface area contributed by atoms with Gasteiger partial charge in [0.25, 0.3) is 0 Å². The second kappa shape index (κ2) is 3.89. The van der Waals surface area contributed by atoms with E-state index in [2.05, 4.69) is 19.1 Å². The van der Waals surface area contributed by atoms with E-state index in [4.69, 9.17) is 4.74 Å². The molecule has 0 amide bonds. The van der Waals surface area contributed by atoms with E-state index < -0.39 is 6.10 Å². The monoisotopic (exact) mass is 220 g/mol. The van der Waals surface area contributed by atoms with Crippen LogP contribution in [-0.2, 0) is 14.3 Å². The van der Waals surface area contributed by atoms with E-state index in [1.165, 1.54) is 6.92 Å². The lowest BCUT2D eigenvalue weighted by atomic mass is 9.64. The summed E-state index contributed by atoms with van der Waals surface area (Å²) in [6.45, 7) is 3.46. The van der Waals surface area contributed by atoms with Crippen molar-refractivity contribution in [3.05, 3.63) is 24.3 Å². The third-order valence-corrected chi connectivity index (χ3v) is 3.53. The van der Waals surface area contributed by atoms with Crippen molar-refractivity contribution >= 4 is 11.8 Å². The van der Waals surface area contributed by atoms with E-state index in [0.29, 0.717) is 0 Å². The molecule has 0 saturated heterocycles. The fourth-order valence-corrected chi connectivity index (χ4v) is 2.55. The Morgan fingerprint density at radius 2 is 2.25 bits per heavy atom. The molecule has 0 spiro atoms. The molecule has 3 nitrogen and oxygen atoms in total. The SMILES string of the molecule is CC(=O)O[C@@H]1C(=O)C=C[C@]2(C)CC=CC[C@H]12. The zero-order valence-electron chi connectivity index (χ0n) is 9.60. The normalized spacial score (nSPS) is 37.0. The number of carbonyl (C=O) groups excluding carboxylic acids is 2. The van der Waals surface area contributed by atoms with Gasteiger partial charge in [-0.05, 0) is 24.3 Å². The maximum Gasteiger partial charge on any atom is 0.303 e. The summed E-state index contributed by atoms with van der Waals surface area (Å²) in [5.74, 6) is -0.391. The van der Waals surface area contributed by atoms with Crippen LogP contribution in [-0.4, -0.2) is 17.9 Å². The first kappa shape index (κ1) is 11.1. The number of fused-ring (bicyclic) bond motifs is 1. The second-order valence-corrected chi connectivity index (χ2v) is 4.79. The quantitative estimate of drug-likeness (QED) is 0.501. The van der Waals surface area contributed by atoms with Crippen LogP contribution in [0.1, 0.15) is 26.7 Å². The van der Waals surface area contributed by atoms with Crippen LogP contribution >= 0.6 is 0 Å². The van der Waals surface area contributed by atoms with Crippen molar-refractivity contribution in [1.29, 1.82) is 0 Å². The molecule has 0 aromatic carbocycles. The standard InChI is InChI=1S/C13H16O3/c1-9(14)16-12-10-5-3-4-7-13(10,2)8-6-11(12)15/h3-4,6,8,10,12H,5,7H2,1-2H3/t10-,12+,13+/m1/s1. The maximum atomic E-state index is 11.7. The molecule has 0 N–H and O–H groups in total. The van der Waals surface area contributed by atoms with Crippen LogP contribution in [0.5, 0.6) is 0 Å². The summed E-state index contributed by atoms with van der Waals surface area (Å²) in [5.41, 5.74) is -0.0528. The molecule has 0 heterocycles. The summed E-state index contributed by atoms with van der Waals surface area (Å²) < 4.78 is 5.16. The largest absolute Gasteiger partial charge is 0.454 e. The smallest absolute Gasteiger partial charge is 0.303 e. The van der Waals surface area contributed by atoms with Gasteiger partial charge in [-0.15, -0.1) is 0 Å².